The van der Waals surface area contributed by atoms with Gasteiger partial charge in [-0.3, -0.25) is 0 Å². The van der Waals surface area contributed by atoms with Gasteiger partial charge in [0.15, 0.2) is 0 Å². The highest BCUT2D eigenvalue weighted by Crippen LogP contribution is 2.34. The average molecular weight is 300 g/mol. The van der Waals surface area contributed by atoms with Gasteiger partial charge in [-0.2, -0.15) is 0 Å². The van der Waals surface area contributed by atoms with Crippen LogP contribution < -0.4 is 4.74 Å². The van der Waals surface area contributed by atoms with Crippen LogP contribution in [0.2, 0.25) is 0 Å². The van der Waals surface area contributed by atoms with Crippen LogP contribution >= 0.6 is 0 Å². The maximum absolute atomic E-state index is 13.1. The Morgan fingerprint density at radius 2 is 1.77 bits per heavy atom. The molecule has 2 aromatic carbocycles. The van der Waals surface area contributed by atoms with Gasteiger partial charge in [0.05, 0.1) is 11.7 Å². The molecule has 0 unspecified atom stereocenters. The predicted molar refractivity (Wildman–Crippen MR) is 81.7 cm³/mol. The number of hydrogen-bond acceptors (Lipinski definition) is 2. The molecule has 1 aliphatic carbocycles. The van der Waals surface area contributed by atoms with Crippen LogP contribution in [0.5, 0.6) is 5.75 Å². The molecule has 0 bridgehead atoms. The van der Waals surface area contributed by atoms with Gasteiger partial charge in [-0.25, -0.2) is 9.18 Å². The maximum atomic E-state index is 13.1. The van der Waals surface area contributed by atoms with E-state index in [4.69, 9.17) is 4.74 Å². The Balaban J connectivity index is 2.00. The van der Waals surface area contributed by atoms with Crippen molar-refractivity contribution in [1.29, 1.82) is 0 Å². The summed E-state index contributed by atoms with van der Waals surface area (Å²) in [5, 5.41) is 9.17. The van der Waals surface area contributed by atoms with Crippen LogP contribution in [-0.4, -0.2) is 17.2 Å². The van der Waals surface area contributed by atoms with Gasteiger partial charge in [0.1, 0.15) is 11.6 Å². The van der Waals surface area contributed by atoms with Crippen molar-refractivity contribution in [1.82, 2.24) is 0 Å². The number of carboxylic acid groups (broad SMARTS) is 1. The van der Waals surface area contributed by atoms with Crippen molar-refractivity contribution in [3.8, 4) is 16.9 Å². The van der Waals surface area contributed by atoms with E-state index in [2.05, 4.69) is 0 Å². The summed E-state index contributed by atoms with van der Waals surface area (Å²) in [5.74, 6) is -0.657. The van der Waals surface area contributed by atoms with E-state index in [1.165, 1.54) is 12.1 Å². The molecule has 3 nitrogen and oxygen atoms in total. The van der Waals surface area contributed by atoms with E-state index in [9.17, 15) is 14.3 Å². The zero-order valence-corrected chi connectivity index (χ0v) is 12.1. The zero-order valence-electron chi connectivity index (χ0n) is 12.1. The topological polar surface area (TPSA) is 46.5 Å². The first-order chi connectivity index (χ1) is 10.6. The molecule has 3 rings (SSSR count). The number of benzene rings is 2. The Kier molecular flexibility index (Phi) is 4.09. The highest BCUT2D eigenvalue weighted by molar-refractivity contribution is 5.90. The molecule has 0 aromatic heterocycles. The molecule has 0 saturated heterocycles. The third-order valence-corrected chi connectivity index (χ3v) is 3.98. The minimum absolute atomic E-state index is 0.176. The van der Waals surface area contributed by atoms with E-state index in [1.54, 1.807) is 30.3 Å². The smallest absolute Gasteiger partial charge is 0.335 e. The first-order valence-corrected chi connectivity index (χ1v) is 7.43. The SMILES string of the molecule is O=C(O)c1ccc(OC2CCCC2)c(-c2ccc(F)cc2)c1. The van der Waals surface area contributed by atoms with E-state index in [-0.39, 0.29) is 17.5 Å². The van der Waals surface area contributed by atoms with Gasteiger partial charge in [0.25, 0.3) is 0 Å². The largest absolute Gasteiger partial charge is 0.490 e. The highest BCUT2D eigenvalue weighted by Gasteiger charge is 2.19. The average Bonchev–Trinajstić information content (AvgIpc) is 3.01. The van der Waals surface area contributed by atoms with Crippen molar-refractivity contribution in [2.45, 2.75) is 31.8 Å². The van der Waals surface area contributed by atoms with Gasteiger partial charge in [0, 0.05) is 5.56 Å². The first kappa shape index (κ1) is 14.6. The van der Waals surface area contributed by atoms with Crippen LogP contribution in [0.1, 0.15) is 36.0 Å². The van der Waals surface area contributed by atoms with Crippen molar-refractivity contribution in [3.05, 3.63) is 53.8 Å². The summed E-state index contributed by atoms with van der Waals surface area (Å²) in [7, 11) is 0. The highest BCUT2D eigenvalue weighted by atomic mass is 19.1. The molecule has 2 aromatic rings. The van der Waals surface area contributed by atoms with E-state index < -0.39 is 5.97 Å². The number of ether oxygens (including phenoxy) is 1. The van der Waals surface area contributed by atoms with Gasteiger partial charge in [-0.1, -0.05) is 12.1 Å². The van der Waals surface area contributed by atoms with Gasteiger partial charge in [0.2, 0.25) is 0 Å². The van der Waals surface area contributed by atoms with E-state index >= 15 is 0 Å². The van der Waals surface area contributed by atoms with Crippen LogP contribution in [0.15, 0.2) is 42.5 Å². The lowest BCUT2D eigenvalue weighted by atomic mass is 10.0. The Labute approximate surface area is 128 Å². The summed E-state index contributed by atoms with van der Waals surface area (Å²) in [6.07, 6.45) is 4.52. The fraction of sp³-hybridized carbons (Fsp3) is 0.278. The molecule has 0 heterocycles. The van der Waals surface area contributed by atoms with Crippen molar-refractivity contribution in [3.63, 3.8) is 0 Å². The summed E-state index contributed by atoms with van der Waals surface area (Å²) in [5.41, 5.74) is 1.63. The molecule has 0 atom stereocenters. The van der Waals surface area contributed by atoms with E-state index in [0.717, 1.165) is 31.2 Å². The zero-order chi connectivity index (χ0) is 15.5. The molecular weight excluding hydrogens is 283 g/mol. The van der Waals surface area contributed by atoms with Gasteiger partial charge < -0.3 is 9.84 Å². The summed E-state index contributed by atoms with van der Waals surface area (Å²) in [4.78, 5) is 11.2. The molecule has 1 aliphatic rings. The number of aromatic carboxylic acids is 1. The minimum atomic E-state index is -0.990. The molecular formula is C18H17FO3. The first-order valence-electron chi connectivity index (χ1n) is 7.43. The third-order valence-electron chi connectivity index (χ3n) is 3.98. The molecule has 1 fully saturated rings. The number of halogens is 1. The second-order valence-corrected chi connectivity index (χ2v) is 5.55. The Hall–Kier alpha value is -2.36. The van der Waals surface area contributed by atoms with E-state index in [1.807, 2.05) is 0 Å². The molecule has 0 amide bonds. The van der Waals surface area contributed by atoms with Gasteiger partial charge in [-0.15, -0.1) is 0 Å². The van der Waals surface area contributed by atoms with Crippen LogP contribution in [0.4, 0.5) is 4.39 Å². The van der Waals surface area contributed by atoms with Crippen LogP contribution in [0.25, 0.3) is 11.1 Å². The molecule has 1 N–H and O–H groups in total. The molecule has 0 spiro atoms. The minimum Gasteiger partial charge on any atom is -0.490 e. The van der Waals surface area contributed by atoms with Crippen molar-refractivity contribution < 1.29 is 19.0 Å². The molecule has 0 aliphatic heterocycles. The fourth-order valence-corrected chi connectivity index (χ4v) is 2.81. The van der Waals surface area contributed by atoms with Gasteiger partial charge in [-0.05, 0) is 61.6 Å². The lowest BCUT2D eigenvalue weighted by Gasteiger charge is -2.17. The van der Waals surface area contributed by atoms with Gasteiger partial charge >= 0.3 is 5.97 Å². The Bertz CT molecular complexity index is 673. The molecule has 114 valence electrons. The number of carboxylic acids is 1. The van der Waals surface area contributed by atoms with Crippen molar-refractivity contribution in [2.24, 2.45) is 0 Å². The summed E-state index contributed by atoms with van der Waals surface area (Å²) >= 11 is 0. The predicted octanol–water partition coefficient (Wildman–Crippen LogP) is 4.51. The summed E-state index contributed by atoms with van der Waals surface area (Å²) in [6.45, 7) is 0. The second kappa shape index (κ2) is 6.18. The quantitative estimate of drug-likeness (QED) is 0.903. The third kappa shape index (κ3) is 3.11. The molecule has 22 heavy (non-hydrogen) atoms. The summed E-state index contributed by atoms with van der Waals surface area (Å²) in [6, 6.07) is 10.8. The van der Waals surface area contributed by atoms with Crippen LogP contribution in [0.3, 0.4) is 0 Å². The number of rotatable bonds is 4. The van der Waals surface area contributed by atoms with E-state index in [0.29, 0.717) is 11.3 Å². The summed E-state index contributed by atoms with van der Waals surface area (Å²) < 4.78 is 19.2. The second-order valence-electron chi connectivity index (χ2n) is 5.55. The monoisotopic (exact) mass is 300 g/mol. The number of hydrogen-bond donors (Lipinski definition) is 1. The molecule has 1 saturated carbocycles. The van der Waals surface area contributed by atoms with Crippen molar-refractivity contribution in [2.75, 3.05) is 0 Å². The lowest BCUT2D eigenvalue weighted by Crippen LogP contribution is -2.12. The Morgan fingerprint density at radius 1 is 1.09 bits per heavy atom. The standard InChI is InChI=1S/C18H17FO3/c19-14-8-5-12(6-9-14)16-11-13(18(20)21)7-10-17(16)22-15-3-1-2-4-15/h5-11,15H,1-4H2,(H,20,21). The number of carbonyl (C=O) groups is 1. The molecule has 0 radical (unpaired) electrons. The Morgan fingerprint density at radius 3 is 2.41 bits per heavy atom. The maximum Gasteiger partial charge on any atom is 0.335 e. The van der Waals surface area contributed by atoms with Crippen LogP contribution in [0, 0.1) is 5.82 Å². The van der Waals surface area contributed by atoms with Crippen molar-refractivity contribution >= 4 is 5.97 Å². The molecule has 4 heteroatoms. The fourth-order valence-electron chi connectivity index (χ4n) is 2.81. The lowest BCUT2D eigenvalue weighted by molar-refractivity contribution is 0.0697. The van der Waals surface area contributed by atoms with Crippen LogP contribution in [-0.2, 0) is 0 Å². The normalized spacial score (nSPS) is 15.0.